The summed E-state index contributed by atoms with van der Waals surface area (Å²) in [4.78, 5) is 0. The highest BCUT2D eigenvalue weighted by molar-refractivity contribution is 9.10. The molecule has 0 aromatic heterocycles. The van der Waals surface area contributed by atoms with Crippen LogP contribution < -0.4 is 9.47 Å². The van der Waals surface area contributed by atoms with E-state index in [0.717, 1.165) is 21.5 Å². The maximum atomic E-state index is 5.71. The lowest BCUT2D eigenvalue weighted by Gasteiger charge is -2.09. The predicted molar refractivity (Wildman–Crippen MR) is 56.8 cm³/mol. The summed E-state index contributed by atoms with van der Waals surface area (Å²) in [5.74, 6) is 1.91. The summed E-state index contributed by atoms with van der Waals surface area (Å²) >= 11 is 9.08. The zero-order valence-corrected chi connectivity index (χ0v) is 9.78. The Balaban J connectivity index is 3.20. The third kappa shape index (κ3) is 2.29. The fraction of sp³-hybridized carbons (Fsp3) is 0.333. The van der Waals surface area contributed by atoms with Gasteiger partial charge in [-0.05, 0) is 33.6 Å². The van der Waals surface area contributed by atoms with Gasteiger partial charge in [-0.3, -0.25) is 0 Å². The van der Waals surface area contributed by atoms with E-state index in [1.165, 1.54) is 0 Å². The summed E-state index contributed by atoms with van der Waals surface area (Å²) in [6.45, 7) is 0. The highest BCUT2D eigenvalue weighted by Gasteiger charge is 2.08. The molecule has 0 saturated carbocycles. The van der Waals surface area contributed by atoms with E-state index in [-0.39, 0.29) is 0 Å². The Hall–Kier alpha value is -0.410. The van der Waals surface area contributed by atoms with Crippen LogP contribution in [0.25, 0.3) is 0 Å². The Labute approximate surface area is 90.9 Å². The molecule has 2 nitrogen and oxygen atoms in total. The maximum absolute atomic E-state index is 5.71. The minimum absolute atomic E-state index is 0.444. The number of rotatable bonds is 3. The lowest BCUT2D eigenvalue weighted by molar-refractivity contribution is 0.389. The van der Waals surface area contributed by atoms with Crippen molar-refractivity contribution in [3.63, 3.8) is 0 Å². The summed E-state index contributed by atoms with van der Waals surface area (Å²) < 4.78 is 11.1. The van der Waals surface area contributed by atoms with Crippen LogP contribution in [0.1, 0.15) is 5.56 Å². The Bertz CT molecular complexity index is 277. The van der Waals surface area contributed by atoms with E-state index >= 15 is 0 Å². The van der Waals surface area contributed by atoms with Crippen LogP contribution in [0.5, 0.6) is 11.5 Å². The quantitative estimate of drug-likeness (QED) is 0.781. The van der Waals surface area contributed by atoms with Crippen LogP contribution in [0.2, 0.25) is 0 Å². The Morgan fingerprint density at radius 2 is 1.69 bits per heavy atom. The smallest absolute Gasteiger partial charge is 0.137 e. The van der Waals surface area contributed by atoms with Gasteiger partial charge in [-0.2, -0.15) is 0 Å². The van der Waals surface area contributed by atoms with Crippen LogP contribution in [-0.4, -0.2) is 14.2 Å². The molecule has 0 aliphatic carbocycles. The summed E-state index contributed by atoms with van der Waals surface area (Å²) in [7, 11) is 3.22. The number of methoxy groups -OCH3 is 2. The van der Waals surface area contributed by atoms with Crippen LogP contribution in [0.4, 0.5) is 0 Å². The first-order valence-electron chi connectivity index (χ1n) is 3.69. The van der Waals surface area contributed by atoms with Crippen molar-refractivity contribution in [2.24, 2.45) is 0 Å². The van der Waals surface area contributed by atoms with Gasteiger partial charge in [-0.1, -0.05) is 0 Å². The second-order valence-corrected chi connectivity index (χ2v) is 3.51. The van der Waals surface area contributed by atoms with Gasteiger partial charge in [-0.15, -0.1) is 11.6 Å². The van der Waals surface area contributed by atoms with Gasteiger partial charge in [0, 0.05) is 5.88 Å². The van der Waals surface area contributed by atoms with Crippen molar-refractivity contribution in [3.05, 3.63) is 22.2 Å². The zero-order chi connectivity index (χ0) is 9.84. The van der Waals surface area contributed by atoms with E-state index in [1.807, 2.05) is 12.1 Å². The van der Waals surface area contributed by atoms with E-state index in [1.54, 1.807) is 14.2 Å². The molecule has 0 N–H and O–H groups in total. The number of halogens is 2. The molecule has 1 rings (SSSR count). The van der Waals surface area contributed by atoms with Crippen molar-refractivity contribution in [1.82, 2.24) is 0 Å². The molecule has 13 heavy (non-hydrogen) atoms. The molecule has 0 radical (unpaired) electrons. The van der Waals surface area contributed by atoms with Crippen LogP contribution in [-0.2, 0) is 5.88 Å². The topological polar surface area (TPSA) is 18.5 Å². The molecule has 0 atom stereocenters. The zero-order valence-electron chi connectivity index (χ0n) is 7.43. The Morgan fingerprint density at radius 1 is 1.23 bits per heavy atom. The molecule has 72 valence electrons. The first-order valence-corrected chi connectivity index (χ1v) is 5.02. The average molecular weight is 266 g/mol. The number of hydrogen-bond donors (Lipinski definition) is 0. The van der Waals surface area contributed by atoms with Crippen molar-refractivity contribution in [2.45, 2.75) is 5.88 Å². The molecule has 0 amide bonds. The summed E-state index contributed by atoms with van der Waals surface area (Å²) in [6.07, 6.45) is 0. The molecule has 0 saturated heterocycles. The van der Waals surface area contributed by atoms with E-state index in [4.69, 9.17) is 21.1 Å². The van der Waals surface area contributed by atoms with Crippen LogP contribution in [0, 0.1) is 0 Å². The van der Waals surface area contributed by atoms with Gasteiger partial charge in [0.2, 0.25) is 0 Å². The maximum Gasteiger partial charge on any atom is 0.137 e. The highest BCUT2D eigenvalue weighted by atomic mass is 79.9. The van der Waals surface area contributed by atoms with Gasteiger partial charge in [0.25, 0.3) is 0 Å². The fourth-order valence-electron chi connectivity index (χ4n) is 1.00. The number of hydrogen-bond acceptors (Lipinski definition) is 2. The standard InChI is InChI=1S/C9H10BrClO2/c1-12-7-3-6(5-11)4-8(13-2)9(7)10/h3-4H,5H2,1-2H3. The van der Waals surface area contributed by atoms with Crippen LogP contribution in [0.3, 0.4) is 0 Å². The van der Waals surface area contributed by atoms with Crippen molar-refractivity contribution in [2.75, 3.05) is 14.2 Å². The minimum atomic E-state index is 0.444. The SMILES string of the molecule is COc1cc(CCl)cc(OC)c1Br. The van der Waals surface area contributed by atoms with Gasteiger partial charge < -0.3 is 9.47 Å². The molecule has 1 aromatic rings. The van der Waals surface area contributed by atoms with E-state index in [9.17, 15) is 0 Å². The molecule has 0 heterocycles. The molecule has 0 spiro atoms. The van der Waals surface area contributed by atoms with Gasteiger partial charge in [0.15, 0.2) is 0 Å². The van der Waals surface area contributed by atoms with Crippen molar-refractivity contribution >= 4 is 27.5 Å². The summed E-state index contributed by atoms with van der Waals surface area (Å²) in [5, 5.41) is 0. The van der Waals surface area contributed by atoms with Gasteiger partial charge in [0.1, 0.15) is 16.0 Å². The van der Waals surface area contributed by atoms with Gasteiger partial charge in [-0.25, -0.2) is 0 Å². The second kappa shape index (κ2) is 4.72. The van der Waals surface area contributed by atoms with Crippen molar-refractivity contribution in [3.8, 4) is 11.5 Å². The second-order valence-electron chi connectivity index (χ2n) is 2.45. The van der Waals surface area contributed by atoms with E-state index < -0.39 is 0 Å². The number of benzene rings is 1. The largest absolute Gasteiger partial charge is 0.495 e. The van der Waals surface area contributed by atoms with E-state index in [0.29, 0.717) is 5.88 Å². The average Bonchev–Trinajstić information content (AvgIpc) is 2.18. The Morgan fingerprint density at radius 3 is 2.00 bits per heavy atom. The predicted octanol–water partition coefficient (Wildman–Crippen LogP) is 3.21. The van der Waals surface area contributed by atoms with Crippen molar-refractivity contribution in [1.29, 1.82) is 0 Å². The van der Waals surface area contributed by atoms with E-state index in [2.05, 4.69) is 15.9 Å². The number of alkyl halides is 1. The first kappa shape index (κ1) is 10.7. The highest BCUT2D eigenvalue weighted by Crippen LogP contribution is 2.35. The lowest BCUT2D eigenvalue weighted by Crippen LogP contribution is -1.91. The molecule has 0 fully saturated rings. The molecule has 0 unspecified atom stereocenters. The third-order valence-corrected chi connectivity index (χ3v) is 2.75. The molecular weight excluding hydrogens is 255 g/mol. The van der Waals surface area contributed by atoms with Gasteiger partial charge in [0.05, 0.1) is 14.2 Å². The molecule has 0 aliphatic rings. The van der Waals surface area contributed by atoms with Gasteiger partial charge >= 0.3 is 0 Å². The third-order valence-electron chi connectivity index (χ3n) is 1.66. The minimum Gasteiger partial charge on any atom is -0.495 e. The normalized spacial score (nSPS) is 9.85. The molecule has 0 bridgehead atoms. The number of ether oxygens (including phenoxy) is 2. The van der Waals surface area contributed by atoms with Crippen molar-refractivity contribution < 1.29 is 9.47 Å². The molecule has 4 heteroatoms. The summed E-state index contributed by atoms with van der Waals surface area (Å²) in [5.41, 5.74) is 0.971. The molecule has 1 aromatic carbocycles. The Kier molecular flexibility index (Phi) is 3.88. The monoisotopic (exact) mass is 264 g/mol. The fourth-order valence-corrected chi connectivity index (χ4v) is 1.71. The van der Waals surface area contributed by atoms with Crippen LogP contribution >= 0.6 is 27.5 Å². The summed E-state index contributed by atoms with van der Waals surface area (Å²) in [6, 6.07) is 3.75. The van der Waals surface area contributed by atoms with Crippen LogP contribution in [0.15, 0.2) is 16.6 Å². The first-order chi connectivity index (χ1) is 6.22. The lowest BCUT2D eigenvalue weighted by atomic mass is 10.2. The molecule has 0 aliphatic heterocycles. The molecular formula is C9H10BrClO2.